The Kier molecular flexibility index (Phi) is 8.11. The minimum Gasteiger partial charge on any atom is -0.494 e. The number of para-hydroxylation sites is 1. The second-order valence-electron chi connectivity index (χ2n) is 10.7. The Labute approximate surface area is 248 Å². The van der Waals surface area contributed by atoms with E-state index < -0.39 is 12.0 Å². The first-order chi connectivity index (χ1) is 20.6. The van der Waals surface area contributed by atoms with E-state index in [1.807, 2.05) is 75.4 Å². The fourth-order valence-corrected chi connectivity index (χ4v) is 4.50. The summed E-state index contributed by atoms with van der Waals surface area (Å²) < 4.78 is 11.5. The van der Waals surface area contributed by atoms with Crippen LogP contribution in [-0.4, -0.2) is 34.2 Å². The first-order valence-electron chi connectivity index (χ1n) is 13.5. The van der Waals surface area contributed by atoms with Crippen LogP contribution in [-0.2, 0) is 5.41 Å². The molecule has 0 radical (unpaired) electrons. The molecule has 5 rings (SSSR count). The highest BCUT2D eigenvalue weighted by molar-refractivity contribution is 6.08. The standard InChI is InChI=1S/C33H31N5O5/c1-33(2,3)20-18-24(30(39)40)29(42-4)26(19-20)37-32(41)36-25-14-15-27(23-13-9-8-12-22(23)25)43-28-16-17-34-31(38-28)35-21-10-6-5-7-11-21/h5-19H,1-4H3,(H,39,40)(H,34,35,38)(H2,36,37,41). The summed E-state index contributed by atoms with van der Waals surface area (Å²) in [5.41, 5.74) is 1.96. The fraction of sp³-hybridized carbons (Fsp3) is 0.152. The molecular weight excluding hydrogens is 546 g/mol. The second kappa shape index (κ2) is 12.1. The van der Waals surface area contributed by atoms with Gasteiger partial charge in [0.2, 0.25) is 11.8 Å². The largest absolute Gasteiger partial charge is 0.494 e. The molecule has 0 aliphatic heterocycles. The minimum atomic E-state index is -1.15. The lowest BCUT2D eigenvalue weighted by molar-refractivity contribution is 0.0693. The Morgan fingerprint density at radius 3 is 2.23 bits per heavy atom. The summed E-state index contributed by atoms with van der Waals surface area (Å²) in [7, 11) is 1.37. The van der Waals surface area contributed by atoms with Crippen LogP contribution in [0, 0.1) is 0 Å². The number of hydrogen-bond donors (Lipinski definition) is 4. The van der Waals surface area contributed by atoms with Crippen LogP contribution in [0.3, 0.4) is 0 Å². The van der Waals surface area contributed by atoms with Gasteiger partial charge in [-0.15, -0.1) is 0 Å². The number of anilines is 4. The molecule has 0 atom stereocenters. The molecule has 0 aliphatic rings. The number of benzene rings is 4. The van der Waals surface area contributed by atoms with E-state index in [2.05, 4.69) is 25.9 Å². The zero-order valence-corrected chi connectivity index (χ0v) is 24.1. The summed E-state index contributed by atoms with van der Waals surface area (Å²) in [6.07, 6.45) is 1.61. The Bertz CT molecular complexity index is 1800. The zero-order valence-electron chi connectivity index (χ0n) is 24.1. The number of hydrogen-bond acceptors (Lipinski definition) is 7. The van der Waals surface area contributed by atoms with Gasteiger partial charge in [0, 0.05) is 28.7 Å². The number of fused-ring (bicyclic) bond motifs is 1. The number of ether oxygens (including phenoxy) is 2. The molecule has 0 bridgehead atoms. The topological polar surface area (TPSA) is 135 Å². The van der Waals surface area contributed by atoms with Crippen molar-refractivity contribution in [3.8, 4) is 17.4 Å². The predicted molar refractivity (Wildman–Crippen MR) is 167 cm³/mol. The number of aromatic carboxylic acids is 1. The number of urea groups is 1. The van der Waals surface area contributed by atoms with Crippen LogP contribution in [0.4, 0.5) is 27.8 Å². The number of amides is 2. The summed E-state index contributed by atoms with van der Waals surface area (Å²) in [5, 5.41) is 20.1. The number of aromatic nitrogens is 2. The third-order valence-corrected chi connectivity index (χ3v) is 6.64. The van der Waals surface area contributed by atoms with E-state index in [0.717, 1.165) is 22.0 Å². The van der Waals surface area contributed by atoms with Gasteiger partial charge in [0.1, 0.15) is 11.3 Å². The molecule has 218 valence electrons. The predicted octanol–water partition coefficient (Wildman–Crippen LogP) is 7.81. The van der Waals surface area contributed by atoms with Crippen molar-refractivity contribution in [1.82, 2.24) is 9.97 Å². The smallest absolute Gasteiger partial charge is 0.339 e. The quantitative estimate of drug-likeness (QED) is 0.147. The summed E-state index contributed by atoms with van der Waals surface area (Å²) in [6.45, 7) is 5.88. The van der Waals surface area contributed by atoms with Gasteiger partial charge in [0.15, 0.2) is 5.75 Å². The average molecular weight is 578 g/mol. The third-order valence-electron chi connectivity index (χ3n) is 6.64. The normalized spacial score (nSPS) is 11.1. The van der Waals surface area contributed by atoms with E-state index in [1.54, 1.807) is 36.5 Å². The number of carboxylic acid groups (broad SMARTS) is 1. The third kappa shape index (κ3) is 6.65. The molecule has 0 unspecified atom stereocenters. The number of rotatable bonds is 8. The lowest BCUT2D eigenvalue weighted by Gasteiger charge is -2.23. The van der Waals surface area contributed by atoms with Crippen LogP contribution >= 0.6 is 0 Å². The average Bonchev–Trinajstić information content (AvgIpc) is 2.98. The van der Waals surface area contributed by atoms with Crippen LogP contribution in [0.25, 0.3) is 10.8 Å². The van der Waals surface area contributed by atoms with Gasteiger partial charge in [-0.3, -0.25) is 0 Å². The molecule has 1 aromatic heterocycles. The first-order valence-corrected chi connectivity index (χ1v) is 13.5. The van der Waals surface area contributed by atoms with Gasteiger partial charge in [0.25, 0.3) is 0 Å². The first kappa shape index (κ1) is 28.9. The Morgan fingerprint density at radius 2 is 1.53 bits per heavy atom. The van der Waals surface area contributed by atoms with Crippen LogP contribution < -0.4 is 25.4 Å². The molecule has 0 spiro atoms. The summed E-state index contributed by atoms with van der Waals surface area (Å²) in [5.74, 6) is 0.184. The molecule has 0 saturated carbocycles. The summed E-state index contributed by atoms with van der Waals surface area (Å²) >= 11 is 0. The molecular formula is C33H31N5O5. The highest BCUT2D eigenvalue weighted by atomic mass is 16.5. The minimum absolute atomic E-state index is 0.0379. The molecule has 0 fully saturated rings. The van der Waals surface area contributed by atoms with E-state index in [0.29, 0.717) is 23.3 Å². The highest BCUT2D eigenvalue weighted by Crippen LogP contribution is 2.37. The number of nitrogens with one attached hydrogen (secondary N) is 3. The monoisotopic (exact) mass is 577 g/mol. The van der Waals surface area contributed by atoms with Gasteiger partial charge >= 0.3 is 12.0 Å². The Hall–Kier alpha value is -5.64. The molecule has 2 amide bonds. The van der Waals surface area contributed by atoms with Crippen LogP contribution in [0.1, 0.15) is 36.7 Å². The van der Waals surface area contributed by atoms with E-state index >= 15 is 0 Å². The van der Waals surface area contributed by atoms with Gasteiger partial charge in [-0.05, 0) is 47.4 Å². The maximum atomic E-state index is 13.2. The van der Waals surface area contributed by atoms with E-state index in [-0.39, 0.29) is 22.4 Å². The van der Waals surface area contributed by atoms with Gasteiger partial charge in [-0.1, -0.05) is 63.2 Å². The summed E-state index contributed by atoms with van der Waals surface area (Å²) in [6, 6.07) is 24.9. The zero-order chi connectivity index (χ0) is 30.6. The molecule has 10 nitrogen and oxygen atoms in total. The van der Waals surface area contributed by atoms with Gasteiger partial charge in [-0.2, -0.15) is 4.98 Å². The highest BCUT2D eigenvalue weighted by Gasteiger charge is 2.24. The number of methoxy groups -OCH3 is 1. The van der Waals surface area contributed by atoms with E-state index in [1.165, 1.54) is 7.11 Å². The van der Waals surface area contributed by atoms with Crippen molar-refractivity contribution in [3.05, 3.63) is 102 Å². The van der Waals surface area contributed by atoms with Crippen LogP contribution in [0.15, 0.2) is 91.1 Å². The molecule has 43 heavy (non-hydrogen) atoms. The van der Waals surface area contributed by atoms with Crippen molar-refractivity contribution in [3.63, 3.8) is 0 Å². The Balaban J connectivity index is 1.40. The lowest BCUT2D eigenvalue weighted by atomic mass is 9.85. The van der Waals surface area contributed by atoms with E-state index in [9.17, 15) is 14.7 Å². The van der Waals surface area contributed by atoms with Crippen molar-refractivity contribution < 1.29 is 24.2 Å². The van der Waals surface area contributed by atoms with Crippen molar-refractivity contribution >= 4 is 45.8 Å². The van der Waals surface area contributed by atoms with Gasteiger partial charge in [0.05, 0.1) is 18.5 Å². The molecule has 0 aliphatic carbocycles. The molecule has 10 heteroatoms. The number of carbonyl (C=O) groups is 2. The van der Waals surface area contributed by atoms with Crippen molar-refractivity contribution in [2.75, 3.05) is 23.1 Å². The van der Waals surface area contributed by atoms with E-state index in [4.69, 9.17) is 9.47 Å². The number of carboxylic acids is 1. The molecule has 5 aromatic rings. The van der Waals surface area contributed by atoms with Crippen LogP contribution in [0.5, 0.6) is 17.4 Å². The SMILES string of the molecule is COc1c(NC(=O)Nc2ccc(Oc3ccnc(Nc4ccccc4)n3)c3ccccc23)cc(C(C)(C)C)cc1C(=O)O. The number of nitrogens with zero attached hydrogens (tertiary/aromatic N) is 2. The van der Waals surface area contributed by atoms with Crippen LogP contribution in [0.2, 0.25) is 0 Å². The lowest BCUT2D eigenvalue weighted by Crippen LogP contribution is -2.22. The molecule has 4 aromatic carbocycles. The second-order valence-corrected chi connectivity index (χ2v) is 10.7. The van der Waals surface area contributed by atoms with Crippen molar-refractivity contribution in [2.45, 2.75) is 26.2 Å². The van der Waals surface area contributed by atoms with Gasteiger partial charge in [-0.25, -0.2) is 14.6 Å². The molecule has 1 heterocycles. The van der Waals surface area contributed by atoms with Crippen molar-refractivity contribution in [1.29, 1.82) is 0 Å². The molecule has 4 N–H and O–H groups in total. The molecule has 0 saturated heterocycles. The Morgan fingerprint density at radius 1 is 0.837 bits per heavy atom. The van der Waals surface area contributed by atoms with Crippen molar-refractivity contribution in [2.24, 2.45) is 0 Å². The maximum absolute atomic E-state index is 13.2. The maximum Gasteiger partial charge on any atom is 0.339 e. The van der Waals surface area contributed by atoms with Gasteiger partial charge < -0.3 is 30.5 Å². The summed E-state index contributed by atoms with van der Waals surface area (Å²) in [4.78, 5) is 33.9. The number of carbonyl (C=O) groups excluding carboxylic acids is 1. The fourth-order valence-electron chi connectivity index (χ4n) is 4.50.